The largest absolute Gasteiger partial charge is 0.507 e. The zero-order chi connectivity index (χ0) is 29.6. The van der Waals surface area contributed by atoms with Crippen molar-refractivity contribution in [2.75, 3.05) is 0 Å². The average Bonchev–Trinajstić information content (AvgIpc) is 3.22. The van der Waals surface area contributed by atoms with Crippen molar-refractivity contribution < 1.29 is 10.2 Å². The lowest BCUT2D eigenvalue weighted by molar-refractivity contribution is 0.443. The van der Waals surface area contributed by atoms with E-state index < -0.39 is 0 Å². The van der Waals surface area contributed by atoms with Crippen molar-refractivity contribution in [2.24, 2.45) is 9.98 Å². The highest BCUT2D eigenvalue weighted by atomic mass is 16.3. The normalized spacial score (nSPS) is 19.5. The second kappa shape index (κ2) is 10.7. The SMILES string of the molecule is CC(C)(C)c1cc(C=NC2CCC(N=Cc3cc(C(C)(C)C)cc(C(C)(C)C)c3O)C2)c(O)c(C(C)(C)C)c1. The topological polar surface area (TPSA) is 65.2 Å². The molecule has 0 saturated heterocycles. The van der Waals surface area contributed by atoms with E-state index in [1.807, 2.05) is 12.4 Å². The van der Waals surface area contributed by atoms with Gasteiger partial charge in [-0.1, -0.05) is 95.2 Å². The average molecular weight is 533 g/mol. The molecule has 0 bridgehead atoms. The van der Waals surface area contributed by atoms with Crippen LogP contribution in [0.25, 0.3) is 0 Å². The third-order valence-electron chi connectivity index (χ3n) is 7.85. The number of rotatable bonds is 4. The molecule has 0 spiro atoms. The number of nitrogens with zero attached hydrogens (tertiary/aromatic N) is 2. The maximum atomic E-state index is 11.1. The van der Waals surface area contributed by atoms with E-state index in [9.17, 15) is 10.2 Å². The number of aliphatic imine (C=N–C) groups is 2. The summed E-state index contributed by atoms with van der Waals surface area (Å²) in [5.41, 5.74) is 5.52. The first-order valence-electron chi connectivity index (χ1n) is 14.5. The Bertz CT molecular complexity index is 1140. The fourth-order valence-corrected chi connectivity index (χ4v) is 5.10. The maximum Gasteiger partial charge on any atom is 0.128 e. The van der Waals surface area contributed by atoms with Gasteiger partial charge in [0.1, 0.15) is 11.5 Å². The first kappa shape index (κ1) is 30.9. The summed E-state index contributed by atoms with van der Waals surface area (Å²) in [6, 6.07) is 8.78. The number of benzene rings is 2. The Kier molecular flexibility index (Phi) is 8.52. The number of hydrogen-bond donors (Lipinski definition) is 2. The van der Waals surface area contributed by atoms with Gasteiger partial charge in [0, 0.05) is 34.7 Å². The summed E-state index contributed by atoms with van der Waals surface area (Å²) in [5.74, 6) is 0.659. The molecular formula is C35H52N2O2. The molecule has 2 N–H and O–H groups in total. The summed E-state index contributed by atoms with van der Waals surface area (Å²) in [7, 11) is 0. The van der Waals surface area contributed by atoms with Gasteiger partial charge in [0.2, 0.25) is 0 Å². The van der Waals surface area contributed by atoms with Crippen LogP contribution in [-0.2, 0) is 21.7 Å². The van der Waals surface area contributed by atoms with E-state index in [2.05, 4.69) is 107 Å². The molecule has 2 unspecified atom stereocenters. The van der Waals surface area contributed by atoms with E-state index in [1.165, 1.54) is 11.1 Å². The van der Waals surface area contributed by atoms with Crippen molar-refractivity contribution in [1.82, 2.24) is 0 Å². The molecule has 2 aromatic rings. The van der Waals surface area contributed by atoms with Gasteiger partial charge in [-0.3, -0.25) is 9.98 Å². The highest BCUT2D eigenvalue weighted by molar-refractivity contribution is 5.86. The molecule has 0 amide bonds. The van der Waals surface area contributed by atoms with E-state index >= 15 is 0 Å². The highest BCUT2D eigenvalue weighted by Crippen LogP contribution is 2.39. The predicted molar refractivity (Wildman–Crippen MR) is 168 cm³/mol. The van der Waals surface area contributed by atoms with Crippen LogP contribution in [0, 0.1) is 0 Å². The minimum atomic E-state index is -0.163. The molecule has 2 aromatic carbocycles. The summed E-state index contributed by atoms with van der Waals surface area (Å²) in [4.78, 5) is 9.82. The van der Waals surface area contributed by atoms with Crippen LogP contribution in [0.2, 0.25) is 0 Å². The van der Waals surface area contributed by atoms with Gasteiger partial charge in [-0.25, -0.2) is 0 Å². The Morgan fingerprint density at radius 1 is 0.564 bits per heavy atom. The van der Waals surface area contributed by atoms with Crippen LogP contribution >= 0.6 is 0 Å². The van der Waals surface area contributed by atoms with Crippen LogP contribution in [0.3, 0.4) is 0 Å². The highest BCUT2D eigenvalue weighted by Gasteiger charge is 2.27. The van der Waals surface area contributed by atoms with E-state index in [0.29, 0.717) is 11.5 Å². The summed E-state index contributed by atoms with van der Waals surface area (Å²) < 4.78 is 0. The zero-order valence-corrected chi connectivity index (χ0v) is 26.5. The molecule has 3 rings (SSSR count). The van der Waals surface area contributed by atoms with Crippen LogP contribution in [0.5, 0.6) is 11.5 Å². The Labute approximate surface area is 237 Å². The van der Waals surface area contributed by atoms with E-state index in [1.54, 1.807) is 0 Å². The van der Waals surface area contributed by atoms with Crippen molar-refractivity contribution in [3.63, 3.8) is 0 Å². The fourth-order valence-electron chi connectivity index (χ4n) is 5.10. The van der Waals surface area contributed by atoms with Crippen LogP contribution in [0.4, 0.5) is 0 Å². The van der Waals surface area contributed by atoms with Gasteiger partial charge in [-0.15, -0.1) is 0 Å². The zero-order valence-electron chi connectivity index (χ0n) is 26.5. The second-order valence-electron chi connectivity index (χ2n) is 15.6. The van der Waals surface area contributed by atoms with Crippen molar-refractivity contribution in [1.29, 1.82) is 0 Å². The molecule has 1 aliphatic rings. The van der Waals surface area contributed by atoms with Crippen LogP contribution in [0.15, 0.2) is 34.3 Å². The fraction of sp³-hybridized carbons (Fsp3) is 0.600. The minimum absolute atomic E-state index is 0.0217. The van der Waals surface area contributed by atoms with E-state index in [-0.39, 0.29) is 33.7 Å². The van der Waals surface area contributed by atoms with Gasteiger partial charge in [-0.2, -0.15) is 0 Å². The molecule has 39 heavy (non-hydrogen) atoms. The van der Waals surface area contributed by atoms with Crippen LogP contribution < -0.4 is 0 Å². The van der Waals surface area contributed by atoms with Crippen molar-refractivity contribution in [3.05, 3.63) is 57.6 Å². The lowest BCUT2D eigenvalue weighted by atomic mass is 9.79. The number of aromatic hydroxyl groups is 2. The Morgan fingerprint density at radius 3 is 1.18 bits per heavy atom. The standard InChI is InChI=1S/C35H52N2O2/c1-32(2,3)24-15-22(30(38)28(17-24)34(7,8)9)20-36-26-13-14-27(19-26)37-21-23-16-25(33(4,5)6)18-29(31(23)39)35(10,11)12/h15-18,20-21,26-27,38-39H,13-14,19H2,1-12H3. The summed E-state index contributed by atoms with van der Waals surface area (Å²) in [6.07, 6.45) is 6.53. The summed E-state index contributed by atoms with van der Waals surface area (Å²) >= 11 is 0. The molecule has 4 heteroatoms. The summed E-state index contributed by atoms with van der Waals surface area (Å²) in [6.45, 7) is 26.0. The Morgan fingerprint density at radius 2 is 0.897 bits per heavy atom. The molecule has 1 aliphatic carbocycles. The molecule has 4 nitrogen and oxygen atoms in total. The maximum absolute atomic E-state index is 11.1. The molecular weight excluding hydrogens is 480 g/mol. The molecule has 0 heterocycles. The first-order chi connectivity index (χ1) is 17.7. The molecule has 1 saturated carbocycles. The molecule has 1 fully saturated rings. The third-order valence-corrected chi connectivity index (χ3v) is 7.85. The number of phenols is 2. The molecule has 0 aromatic heterocycles. The molecule has 2 atom stereocenters. The van der Waals surface area contributed by atoms with Gasteiger partial charge < -0.3 is 10.2 Å². The smallest absolute Gasteiger partial charge is 0.128 e. The van der Waals surface area contributed by atoms with Gasteiger partial charge in [-0.05, 0) is 64.2 Å². The minimum Gasteiger partial charge on any atom is -0.507 e. The van der Waals surface area contributed by atoms with Crippen LogP contribution in [0.1, 0.15) is 136 Å². The molecule has 0 radical (unpaired) electrons. The van der Waals surface area contributed by atoms with Gasteiger partial charge in [0.25, 0.3) is 0 Å². The Balaban J connectivity index is 1.84. The van der Waals surface area contributed by atoms with Crippen molar-refractivity contribution in [2.45, 2.75) is 136 Å². The summed E-state index contributed by atoms with van der Waals surface area (Å²) in [5, 5.41) is 22.2. The quantitative estimate of drug-likeness (QED) is 0.387. The number of phenolic OH excluding ortho intramolecular Hbond substituents is 2. The lowest BCUT2D eigenvalue weighted by Gasteiger charge is -2.27. The van der Waals surface area contributed by atoms with Gasteiger partial charge in [0.15, 0.2) is 0 Å². The monoisotopic (exact) mass is 532 g/mol. The molecule has 214 valence electrons. The van der Waals surface area contributed by atoms with Crippen LogP contribution in [-0.4, -0.2) is 34.7 Å². The van der Waals surface area contributed by atoms with Crippen molar-refractivity contribution in [3.8, 4) is 11.5 Å². The third kappa shape index (κ3) is 7.52. The predicted octanol–water partition coefficient (Wildman–Crippen LogP) is 8.75. The Hall–Kier alpha value is -2.62. The lowest BCUT2D eigenvalue weighted by Crippen LogP contribution is -2.17. The second-order valence-corrected chi connectivity index (χ2v) is 15.6. The van der Waals surface area contributed by atoms with Gasteiger partial charge in [0.05, 0.1) is 12.1 Å². The van der Waals surface area contributed by atoms with E-state index in [4.69, 9.17) is 9.98 Å². The van der Waals surface area contributed by atoms with Gasteiger partial charge >= 0.3 is 0 Å². The first-order valence-corrected chi connectivity index (χ1v) is 14.5. The number of hydrogen-bond acceptors (Lipinski definition) is 4. The molecule has 0 aliphatic heterocycles. The van der Waals surface area contributed by atoms with E-state index in [0.717, 1.165) is 41.5 Å². The van der Waals surface area contributed by atoms with Crippen molar-refractivity contribution >= 4 is 12.4 Å².